The topological polar surface area (TPSA) is 174 Å². The molecule has 0 saturated carbocycles. The molecular formula is C51H93N4O13S+. The standard InChI is InChI=1S/C51H93N4O13S/c1-36(56)25-59-39(4)28-62-41(6)30-61-38(3)27-58-34-48(68-51(13,14)15)24-55(46-19-17-45(18-20-46)52-53-49-54(16)21-22-69-49)23-47(35-67-50(10,11)12)66-33-44(9)65-32-43(8)64-31-42(7)63-29-40(5)60-26-37(2)57/h17-22,36-44,47-48,56-57H,23-35H2,1-16H3/q+1. The lowest BCUT2D eigenvalue weighted by atomic mass is 10.1. The zero-order valence-corrected chi connectivity index (χ0v) is 45.9. The van der Waals surface area contributed by atoms with Gasteiger partial charge in [-0.25, -0.2) is 4.57 Å². The first-order chi connectivity index (χ1) is 32.4. The van der Waals surface area contributed by atoms with Crippen LogP contribution in [0.5, 0.6) is 0 Å². The van der Waals surface area contributed by atoms with Crippen LogP contribution in [0.15, 0.2) is 46.1 Å². The lowest BCUT2D eigenvalue weighted by Crippen LogP contribution is -2.46. The Morgan fingerprint density at radius 3 is 1.35 bits per heavy atom. The summed E-state index contributed by atoms with van der Waals surface area (Å²) in [5, 5.41) is 30.7. The van der Waals surface area contributed by atoms with Crippen molar-refractivity contribution in [1.82, 2.24) is 0 Å². The first-order valence-electron chi connectivity index (χ1n) is 24.8. The summed E-state index contributed by atoms with van der Waals surface area (Å²) >= 11 is 1.53. The molecule has 0 aliphatic heterocycles. The third kappa shape index (κ3) is 31.7. The maximum absolute atomic E-state index is 9.50. The van der Waals surface area contributed by atoms with Gasteiger partial charge in [0.15, 0.2) is 0 Å². The highest BCUT2D eigenvalue weighted by Gasteiger charge is 2.27. The Balaban J connectivity index is 2.17. The zero-order valence-electron chi connectivity index (χ0n) is 45.1. The van der Waals surface area contributed by atoms with Crippen molar-refractivity contribution in [2.24, 2.45) is 17.3 Å². The number of hydrogen-bond donors (Lipinski definition) is 2. The highest BCUT2D eigenvalue weighted by Crippen LogP contribution is 2.25. The van der Waals surface area contributed by atoms with E-state index in [9.17, 15) is 10.2 Å². The van der Waals surface area contributed by atoms with E-state index in [-0.39, 0.29) is 68.1 Å². The molecule has 1 heterocycles. The molecule has 0 amide bonds. The van der Waals surface area contributed by atoms with Crippen LogP contribution < -0.4 is 9.47 Å². The van der Waals surface area contributed by atoms with E-state index in [1.54, 1.807) is 13.8 Å². The summed E-state index contributed by atoms with van der Waals surface area (Å²) in [5.41, 5.74) is 0.837. The molecule has 1 aromatic heterocycles. The third-order valence-electron chi connectivity index (χ3n) is 9.84. The van der Waals surface area contributed by atoms with Gasteiger partial charge < -0.3 is 67.2 Å². The normalized spacial score (nSPS) is 17.5. The molecule has 11 unspecified atom stereocenters. The zero-order chi connectivity index (χ0) is 51.6. The van der Waals surface area contributed by atoms with Gasteiger partial charge in [0.2, 0.25) is 0 Å². The number of nitrogens with zero attached hydrogens (tertiary/aromatic N) is 4. The molecule has 2 aromatic rings. The van der Waals surface area contributed by atoms with E-state index in [1.165, 1.54) is 11.3 Å². The van der Waals surface area contributed by atoms with Crippen molar-refractivity contribution in [3.63, 3.8) is 0 Å². The molecule has 0 radical (unpaired) electrons. The van der Waals surface area contributed by atoms with Gasteiger partial charge in [-0.2, -0.15) is 0 Å². The lowest BCUT2D eigenvalue weighted by molar-refractivity contribution is -0.654. The maximum atomic E-state index is 9.50. The minimum Gasteiger partial charge on any atom is -0.391 e. The summed E-state index contributed by atoms with van der Waals surface area (Å²) in [6.45, 7) is 34.3. The summed E-state index contributed by atoms with van der Waals surface area (Å²) < 4.78 is 69.3. The van der Waals surface area contributed by atoms with Crippen LogP contribution in [0.3, 0.4) is 0 Å². The summed E-state index contributed by atoms with van der Waals surface area (Å²) in [6.07, 6.45) is -0.858. The van der Waals surface area contributed by atoms with E-state index < -0.39 is 23.4 Å². The fraction of sp³-hybridized carbons (Fsp3) is 0.824. The monoisotopic (exact) mass is 1000 g/mol. The molecule has 0 spiro atoms. The van der Waals surface area contributed by atoms with Crippen molar-refractivity contribution in [3.05, 3.63) is 35.8 Å². The highest BCUT2D eigenvalue weighted by molar-refractivity contribution is 7.12. The van der Waals surface area contributed by atoms with Gasteiger partial charge in [-0.15, -0.1) is 0 Å². The predicted octanol–water partition coefficient (Wildman–Crippen LogP) is 7.79. The van der Waals surface area contributed by atoms with Gasteiger partial charge in [-0.1, -0.05) is 0 Å². The Bertz CT molecular complexity index is 1620. The van der Waals surface area contributed by atoms with Gasteiger partial charge >= 0.3 is 5.13 Å². The van der Waals surface area contributed by atoms with E-state index in [0.717, 1.165) is 16.5 Å². The molecule has 11 atom stereocenters. The van der Waals surface area contributed by atoms with Gasteiger partial charge in [-0.05, 0) is 145 Å². The van der Waals surface area contributed by atoms with Crippen molar-refractivity contribution in [1.29, 1.82) is 0 Å². The third-order valence-corrected chi connectivity index (χ3v) is 10.7. The Hall–Kier alpha value is -2.27. The first-order valence-corrected chi connectivity index (χ1v) is 25.6. The Morgan fingerprint density at radius 2 is 0.942 bits per heavy atom. The second kappa shape index (κ2) is 33.5. The number of rotatable bonds is 38. The molecule has 1 aromatic carbocycles. The average Bonchev–Trinajstić information content (AvgIpc) is 3.69. The van der Waals surface area contributed by atoms with Crippen LogP contribution >= 0.6 is 11.3 Å². The molecular weight excluding hydrogens is 909 g/mol. The summed E-state index contributed by atoms with van der Waals surface area (Å²) in [5.74, 6) is 0. The number of aryl methyl sites for hydroxylation is 1. The lowest BCUT2D eigenvalue weighted by Gasteiger charge is -2.36. The van der Waals surface area contributed by atoms with Gasteiger partial charge in [-0.3, -0.25) is 0 Å². The highest BCUT2D eigenvalue weighted by atomic mass is 32.1. The number of thiazole rings is 1. The van der Waals surface area contributed by atoms with Crippen LogP contribution in [-0.2, 0) is 59.2 Å². The van der Waals surface area contributed by atoms with Crippen molar-refractivity contribution < 1.29 is 66.9 Å². The maximum Gasteiger partial charge on any atom is 0.408 e. The molecule has 400 valence electrons. The van der Waals surface area contributed by atoms with Crippen LogP contribution in [0.4, 0.5) is 16.5 Å². The molecule has 69 heavy (non-hydrogen) atoms. The number of anilines is 1. The molecule has 0 fully saturated rings. The number of ether oxygens (including phenoxy) is 11. The van der Waals surface area contributed by atoms with Gasteiger partial charge in [0.25, 0.3) is 0 Å². The van der Waals surface area contributed by atoms with Gasteiger partial charge in [0.05, 0.1) is 163 Å². The number of hydrogen-bond acceptors (Lipinski definition) is 17. The quantitative estimate of drug-likeness (QED) is 0.0493. The van der Waals surface area contributed by atoms with E-state index in [0.29, 0.717) is 72.6 Å². The molecule has 0 aliphatic carbocycles. The Labute approximate surface area is 419 Å². The minimum absolute atomic E-state index is 0.130. The SMILES string of the molecule is CC(O)COC(C)COC(C)COC(C)COCC(CN(CC(COC(C)(C)C)OCC(C)OCC(C)OCC(C)OCC(C)OCC(C)O)c1ccc(/N=N/c2scc[n+]2C)cc1)OC(C)(C)C. The van der Waals surface area contributed by atoms with Gasteiger partial charge in [0, 0.05) is 24.2 Å². The number of benzene rings is 1. The van der Waals surface area contributed by atoms with E-state index in [4.69, 9.17) is 52.1 Å². The number of azo groups is 1. The van der Waals surface area contributed by atoms with Crippen LogP contribution in [0.25, 0.3) is 0 Å². The van der Waals surface area contributed by atoms with E-state index in [2.05, 4.69) is 15.1 Å². The predicted molar refractivity (Wildman–Crippen MR) is 270 cm³/mol. The second-order valence-corrected chi connectivity index (χ2v) is 21.3. The van der Waals surface area contributed by atoms with E-state index in [1.807, 2.05) is 137 Å². The molecule has 17 nitrogen and oxygen atoms in total. The molecule has 0 bridgehead atoms. The number of aromatic nitrogens is 1. The van der Waals surface area contributed by atoms with E-state index >= 15 is 0 Å². The van der Waals surface area contributed by atoms with Crippen molar-refractivity contribution in [3.8, 4) is 0 Å². The molecule has 0 aliphatic rings. The summed E-state index contributed by atoms with van der Waals surface area (Å²) in [7, 11) is 1.95. The first kappa shape index (κ1) is 62.8. The van der Waals surface area contributed by atoms with Crippen molar-refractivity contribution in [2.45, 2.75) is 182 Å². The largest absolute Gasteiger partial charge is 0.408 e. The Morgan fingerprint density at radius 1 is 0.522 bits per heavy atom. The average molecular weight is 1000 g/mol. The van der Waals surface area contributed by atoms with Crippen LogP contribution in [0.1, 0.15) is 104 Å². The van der Waals surface area contributed by atoms with Crippen LogP contribution in [0, 0.1) is 0 Å². The Kier molecular flexibility index (Phi) is 30.5. The summed E-state index contributed by atoms with van der Waals surface area (Å²) in [4.78, 5) is 2.26. The molecule has 18 heteroatoms. The molecule has 2 rings (SSSR count). The number of aliphatic hydroxyl groups is 2. The fourth-order valence-electron chi connectivity index (χ4n) is 6.23. The van der Waals surface area contributed by atoms with Crippen molar-refractivity contribution >= 4 is 27.8 Å². The second-order valence-electron chi connectivity index (χ2n) is 20.4. The fourth-order valence-corrected chi connectivity index (χ4v) is 6.91. The molecule has 2 N–H and O–H groups in total. The number of aliphatic hydroxyl groups excluding tert-OH is 2. The van der Waals surface area contributed by atoms with Gasteiger partial charge in [0.1, 0.15) is 11.9 Å². The minimum atomic E-state index is -0.520. The molecule has 0 saturated heterocycles. The van der Waals surface area contributed by atoms with Crippen molar-refractivity contribution in [2.75, 3.05) is 90.7 Å². The summed E-state index contributed by atoms with van der Waals surface area (Å²) in [6, 6.07) is 8.02. The smallest absolute Gasteiger partial charge is 0.391 e. The van der Waals surface area contributed by atoms with Crippen LogP contribution in [-0.4, -0.2) is 174 Å². The van der Waals surface area contributed by atoms with Crippen LogP contribution in [0.2, 0.25) is 0 Å².